The third kappa shape index (κ3) is 2.58. The predicted molar refractivity (Wildman–Crippen MR) is 77.1 cm³/mol. The molecule has 3 heterocycles. The van der Waals surface area contributed by atoms with E-state index in [0.717, 1.165) is 50.7 Å². The fraction of sp³-hybridized carbons (Fsp3) is 0.533. The van der Waals surface area contributed by atoms with Crippen molar-refractivity contribution >= 4 is 0 Å². The lowest BCUT2D eigenvalue weighted by atomic mass is 10.1. The molecule has 5 nitrogen and oxygen atoms in total. The SMILES string of the molecule is CCc1ncc2c(n1)CN(Cc1nccn1CC)CC2. The molecule has 0 spiro atoms. The first-order valence-corrected chi connectivity index (χ1v) is 7.36. The van der Waals surface area contributed by atoms with Crippen LogP contribution in [0.25, 0.3) is 0 Å². The Morgan fingerprint density at radius 2 is 2.15 bits per heavy atom. The summed E-state index contributed by atoms with van der Waals surface area (Å²) < 4.78 is 2.20. The highest BCUT2D eigenvalue weighted by atomic mass is 15.2. The van der Waals surface area contributed by atoms with E-state index in [1.165, 1.54) is 11.3 Å². The fourth-order valence-electron chi connectivity index (χ4n) is 2.68. The Labute approximate surface area is 119 Å². The van der Waals surface area contributed by atoms with E-state index < -0.39 is 0 Å². The zero-order chi connectivity index (χ0) is 13.9. The largest absolute Gasteiger partial charge is 0.334 e. The molecule has 106 valence electrons. The van der Waals surface area contributed by atoms with Gasteiger partial charge >= 0.3 is 0 Å². The highest BCUT2D eigenvalue weighted by Crippen LogP contribution is 2.18. The number of aromatic nitrogens is 4. The molecule has 0 saturated carbocycles. The number of nitrogens with zero attached hydrogens (tertiary/aromatic N) is 5. The van der Waals surface area contributed by atoms with Crippen molar-refractivity contribution in [2.45, 2.75) is 46.3 Å². The normalized spacial score (nSPS) is 15.3. The van der Waals surface area contributed by atoms with E-state index >= 15 is 0 Å². The van der Waals surface area contributed by atoms with Gasteiger partial charge in [-0.3, -0.25) is 4.90 Å². The number of aryl methyl sites for hydroxylation is 2. The number of rotatable bonds is 4. The van der Waals surface area contributed by atoms with E-state index in [2.05, 4.69) is 38.3 Å². The maximum Gasteiger partial charge on any atom is 0.128 e. The van der Waals surface area contributed by atoms with Crippen LogP contribution in [-0.4, -0.2) is 31.0 Å². The number of imidazole rings is 1. The third-order valence-corrected chi connectivity index (χ3v) is 3.90. The van der Waals surface area contributed by atoms with Gasteiger partial charge in [-0.2, -0.15) is 0 Å². The van der Waals surface area contributed by atoms with Gasteiger partial charge in [0.15, 0.2) is 0 Å². The van der Waals surface area contributed by atoms with E-state index in [1.54, 1.807) is 0 Å². The van der Waals surface area contributed by atoms with Crippen molar-refractivity contribution in [2.24, 2.45) is 0 Å². The second-order valence-electron chi connectivity index (χ2n) is 5.20. The molecule has 0 N–H and O–H groups in total. The monoisotopic (exact) mass is 271 g/mol. The van der Waals surface area contributed by atoms with Crippen LogP contribution in [0, 0.1) is 0 Å². The molecule has 0 bridgehead atoms. The number of fused-ring (bicyclic) bond motifs is 1. The molecule has 0 aliphatic carbocycles. The first-order chi connectivity index (χ1) is 9.80. The Morgan fingerprint density at radius 3 is 2.95 bits per heavy atom. The summed E-state index contributed by atoms with van der Waals surface area (Å²) in [5, 5.41) is 0. The van der Waals surface area contributed by atoms with Crippen molar-refractivity contribution in [1.82, 2.24) is 24.4 Å². The van der Waals surface area contributed by atoms with Gasteiger partial charge in [-0.1, -0.05) is 6.92 Å². The minimum atomic E-state index is 0.895. The highest BCUT2D eigenvalue weighted by molar-refractivity contribution is 5.20. The van der Waals surface area contributed by atoms with Crippen LogP contribution in [0.1, 0.15) is 36.8 Å². The molecule has 0 unspecified atom stereocenters. The number of hydrogen-bond donors (Lipinski definition) is 0. The summed E-state index contributed by atoms with van der Waals surface area (Å²) in [4.78, 5) is 15.9. The maximum atomic E-state index is 4.67. The molecule has 0 aromatic carbocycles. The van der Waals surface area contributed by atoms with Gasteiger partial charge in [0, 0.05) is 44.6 Å². The van der Waals surface area contributed by atoms with E-state index in [9.17, 15) is 0 Å². The lowest BCUT2D eigenvalue weighted by Gasteiger charge is -2.27. The van der Waals surface area contributed by atoms with Crippen LogP contribution < -0.4 is 0 Å². The smallest absolute Gasteiger partial charge is 0.128 e. The summed E-state index contributed by atoms with van der Waals surface area (Å²) >= 11 is 0. The zero-order valence-electron chi connectivity index (χ0n) is 12.2. The molecule has 0 atom stereocenters. The van der Waals surface area contributed by atoms with E-state index in [-0.39, 0.29) is 0 Å². The standard InChI is InChI=1S/C15H21N5/c1-3-14-17-9-12-5-7-19(10-13(12)18-14)11-15-16-6-8-20(15)4-2/h6,8-9H,3-5,7,10-11H2,1-2H3. The van der Waals surface area contributed by atoms with Crippen molar-refractivity contribution in [1.29, 1.82) is 0 Å². The van der Waals surface area contributed by atoms with Gasteiger partial charge in [-0.25, -0.2) is 15.0 Å². The second kappa shape index (κ2) is 5.71. The highest BCUT2D eigenvalue weighted by Gasteiger charge is 2.19. The average molecular weight is 271 g/mol. The third-order valence-electron chi connectivity index (χ3n) is 3.90. The van der Waals surface area contributed by atoms with Crippen LogP contribution in [0.5, 0.6) is 0 Å². The molecule has 3 rings (SSSR count). The van der Waals surface area contributed by atoms with Crippen LogP contribution in [0.15, 0.2) is 18.6 Å². The molecular weight excluding hydrogens is 250 g/mol. The topological polar surface area (TPSA) is 46.8 Å². The zero-order valence-corrected chi connectivity index (χ0v) is 12.2. The Bertz CT molecular complexity index is 590. The fourth-order valence-corrected chi connectivity index (χ4v) is 2.68. The van der Waals surface area contributed by atoms with Crippen molar-refractivity contribution in [3.05, 3.63) is 41.5 Å². The Morgan fingerprint density at radius 1 is 1.25 bits per heavy atom. The van der Waals surface area contributed by atoms with Gasteiger partial charge in [0.25, 0.3) is 0 Å². The van der Waals surface area contributed by atoms with Gasteiger partial charge < -0.3 is 4.57 Å². The first-order valence-electron chi connectivity index (χ1n) is 7.36. The van der Waals surface area contributed by atoms with Gasteiger partial charge in [0.1, 0.15) is 11.6 Å². The minimum Gasteiger partial charge on any atom is -0.334 e. The van der Waals surface area contributed by atoms with Gasteiger partial charge in [0.2, 0.25) is 0 Å². The van der Waals surface area contributed by atoms with Crippen LogP contribution in [0.2, 0.25) is 0 Å². The van der Waals surface area contributed by atoms with Gasteiger partial charge in [-0.15, -0.1) is 0 Å². The Balaban J connectivity index is 1.75. The van der Waals surface area contributed by atoms with E-state index in [1.807, 2.05) is 18.6 Å². The molecule has 0 fully saturated rings. The van der Waals surface area contributed by atoms with Crippen LogP contribution in [0.3, 0.4) is 0 Å². The van der Waals surface area contributed by atoms with Crippen molar-refractivity contribution in [2.75, 3.05) is 6.54 Å². The average Bonchev–Trinajstić information content (AvgIpc) is 2.93. The molecular formula is C15H21N5. The molecule has 0 amide bonds. The summed E-state index contributed by atoms with van der Waals surface area (Å²) in [5.74, 6) is 2.08. The van der Waals surface area contributed by atoms with Gasteiger partial charge in [0.05, 0.1) is 12.2 Å². The van der Waals surface area contributed by atoms with Crippen molar-refractivity contribution in [3.8, 4) is 0 Å². The van der Waals surface area contributed by atoms with Crippen LogP contribution in [-0.2, 0) is 32.5 Å². The van der Waals surface area contributed by atoms with Crippen LogP contribution >= 0.6 is 0 Å². The summed E-state index contributed by atoms with van der Waals surface area (Å²) in [6.45, 7) is 8.07. The van der Waals surface area contributed by atoms with E-state index in [0.29, 0.717) is 0 Å². The quantitative estimate of drug-likeness (QED) is 0.851. The molecule has 1 aliphatic rings. The Hall–Kier alpha value is -1.75. The molecule has 5 heteroatoms. The predicted octanol–water partition coefficient (Wildman–Crippen LogP) is 1.81. The molecule has 2 aromatic rings. The summed E-state index contributed by atoms with van der Waals surface area (Å²) in [5.41, 5.74) is 2.50. The van der Waals surface area contributed by atoms with Crippen molar-refractivity contribution < 1.29 is 0 Å². The lowest BCUT2D eigenvalue weighted by Crippen LogP contribution is -2.32. The van der Waals surface area contributed by atoms with Crippen LogP contribution in [0.4, 0.5) is 0 Å². The van der Waals surface area contributed by atoms with E-state index in [4.69, 9.17) is 0 Å². The van der Waals surface area contributed by atoms with Gasteiger partial charge in [-0.05, 0) is 18.9 Å². The maximum absolute atomic E-state index is 4.67. The molecule has 0 radical (unpaired) electrons. The van der Waals surface area contributed by atoms with Crippen molar-refractivity contribution in [3.63, 3.8) is 0 Å². The first kappa shape index (κ1) is 13.2. The molecule has 1 aliphatic heterocycles. The number of hydrogen-bond acceptors (Lipinski definition) is 4. The summed E-state index contributed by atoms with van der Waals surface area (Å²) in [7, 11) is 0. The second-order valence-corrected chi connectivity index (χ2v) is 5.20. The minimum absolute atomic E-state index is 0.895. The summed E-state index contributed by atoms with van der Waals surface area (Å²) in [6, 6.07) is 0. The molecule has 0 saturated heterocycles. The lowest BCUT2D eigenvalue weighted by molar-refractivity contribution is 0.231. The summed E-state index contributed by atoms with van der Waals surface area (Å²) in [6.07, 6.45) is 7.86. The molecule has 20 heavy (non-hydrogen) atoms. The Kier molecular flexibility index (Phi) is 3.78. The molecule has 2 aromatic heterocycles.